The molecule has 3 aliphatic rings. The highest BCUT2D eigenvalue weighted by atomic mass is 16.1. The Bertz CT molecular complexity index is 1150. The summed E-state index contributed by atoms with van der Waals surface area (Å²) in [4.78, 5) is 17.1. The van der Waals surface area contributed by atoms with E-state index in [0.29, 0.717) is 0 Å². The molecule has 2 aromatic carbocycles. The van der Waals surface area contributed by atoms with Gasteiger partial charge in [0.1, 0.15) is 0 Å². The Morgan fingerprint density at radius 1 is 0.680 bits per heavy atom. The summed E-state index contributed by atoms with van der Waals surface area (Å²) in [6.45, 7) is 0.920. The number of imidazole rings is 1. The summed E-state index contributed by atoms with van der Waals surface area (Å²) in [6.07, 6.45) is 0. The molecule has 6 rings (SSSR count). The molecule has 5 nitrogen and oxygen atoms in total. The van der Waals surface area contributed by atoms with Crippen LogP contribution in [0.1, 0.15) is 11.1 Å². The smallest absolute Gasteiger partial charge is 0.328 e. The van der Waals surface area contributed by atoms with Crippen LogP contribution in [0.3, 0.4) is 0 Å². The topological polar surface area (TPSA) is 33.4 Å². The molecule has 0 saturated carbocycles. The molecule has 0 fully saturated rings. The Balaban J connectivity index is 1.80. The quantitative estimate of drug-likeness (QED) is 0.497. The molecule has 5 heteroatoms. The van der Waals surface area contributed by atoms with Gasteiger partial charge in [0.2, 0.25) is 0 Å². The summed E-state index contributed by atoms with van der Waals surface area (Å²) in [5.74, 6) is 0. The van der Waals surface area contributed by atoms with Gasteiger partial charge in [0.05, 0.1) is 29.5 Å². The Kier molecular flexibility index (Phi) is 2.04. The van der Waals surface area contributed by atoms with E-state index in [1.54, 1.807) is 9.13 Å². The van der Waals surface area contributed by atoms with Gasteiger partial charge < -0.3 is 9.80 Å². The van der Waals surface area contributed by atoms with Crippen molar-refractivity contribution in [2.75, 3.05) is 20.8 Å². The van der Waals surface area contributed by atoms with Crippen molar-refractivity contribution in [3.05, 3.63) is 45.9 Å². The van der Waals surface area contributed by atoms with E-state index in [0.717, 1.165) is 18.1 Å². The molecule has 0 N–H and O–H groups in total. The minimum atomic E-state index is 0.0342. The summed E-state index contributed by atoms with van der Waals surface area (Å²) in [7, 11) is 8.05. The summed E-state index contributed by atoms with van der Waals surface area (Å²) < 4.78 is 3.56. The lowest BCUT2D eigenvalue weighted by Gasteiger charge is -2.20. The van der Waals surface area contributed by atoms with Crippen LogP contribution in [0.2, 0.25) is 0 Å². The van der Waals surface area contributed by atoms with Crippen LogP contribution in [0.5, 0.6) is 0 Å². The molecule has 0 unspecified atom stereocenters. The number of aromatic nitrogens is 2. The first kappa shape index (κ1) is 13.4. The normalized spacial score (nSPS) is 16.5. The van der Waals surface area contributed by atoms with Gasteiger partial charge in [-0.2, -0.15) is 0 Å². The fourth-order valence-corrected chi connectivity index (χ4v) is 5.12. The number of rotatable bonds is 0. The highest BCUT2D eigenvalue weighted by Gasteiger charge is 2.38. The summed E-state index contributed by atoms with van der Waals surface area (Å²) >= 11 is 0. The average molecular weight is 330 g/mol. The van der Waals surface area contributed by atoms with Gasteiger partial charge in [0.25, 0.3) is 0 Å². The predicted octanol–water partition coefficient (Wildman–Crippen LogP) is 2.50. The van der Waals surface area contributed by atoms with Crippen LogP contribution < -0.4 is 5.69 Å². The van der Waals surface area contributed by atoms with Gasteiger partial charge in [0, 0.05) is 61.2 Å². The van der Waals surface area contributed by atoms with E-state index in [4.69, 9.17) is 0 Å². The molecule has 2 aliphatic carbocycles. The molecular weight excluding hydrogens is 312 g/mol. The highest BCUT2D eigenvalue weighted by molar-refractivity contribution is 6.23. The molecule has 0 radical (unpaired) electrons. The maximum absolute atomic E-state index is 12.4. The Morgan fingerprint density at radius 2 is 1.08 bits per heavy atom. The van der Waals surface area contributed by atoms with Gasteiger partial charge in [-0.05, 0) is 0 Å². The van der Waals surface area contributed by atoms with Crippen LogP contribution in [0.4, 0.5) is 0 Å². The fourth-order valence-electron chi connectivity index (χ4n) is 5.12. The Labute approximate surface area is 145 Å². The highest BCUT2D eigenvalue weighted by Crippen LogP contribution is 2.54. The lowest BCUT2D eigenvalue weighted by Crippen LogP contribution is -2.22. The van der Waals surface area contributed by atoms with Gasteiger partial charge in [0.15, 0.2) is 0 Å². The number of benzene rings is 2. The van der Waals surface area contributed by atoms with E-state index >= 15 is 0 Å². The third kappa shape index (κ3) is 1.22. The summed E-state index contributed by atoms with van der Waals surface area (Å²) in [5, 5.41) is 2.63. The first-order chi connectivity index (χ1) is 12.0. The lowest BCUT2D eigenvalue weighted by atomic mass is 9.97. The maximum Gasteiger partial charge on any atom is 0.328 e. The molecule has 0 bridgehead atoms. The molecule has 25 heavy (non-hydrogen) atoms. The first-order valence-corrected chi connectivity index (χ1v) is 8.54. The van der Waals surface area contributed by atoms with Crippen molar-refractivity contribution in [3.63, 3.8) is 0 Å². The first-order valence-electron chi connectivity index (χ1n) is 8.54. The van der Waals surface area contributed by atoms with E-state index in [9.17, 15) is 4.79 Å². The van der Waals surface area contributed by atoms with Gasteiger partial charge >= 0.3 is 5.69 Å². The van der Waals surface area contributed by atoms with Crippen molar-refractivity contribution in [3.8, 4) is 22.5 Å². The molecule has 0 atom stereocenters. The predicted molar refractivity (Wildman–Crippen MR) is 99.8 cm³/mol. The molecular formula is C20H18N4O. The zero-order valence-corrected chi connectivity index (χ0v) is 14.7. The van der Waals surface area contributed by atoms with Gasteiger partial charge in [-0.15, -0.1) is 0 Å². The van der Waals surface area contributed by atoms with Crippen molar-refractivity contribution in [2.45, 2.75) is 0 Å². The van der Waals surface area contributed by atoms with Crippen LogP contribution in [0, 0.1) is 0 Å². The zero-order valence-electron chi connectivity index (χ0n) is 14.7. The van der Waals surface area contributed by atoms with Gasteiger partial charge in [-0.1, -0.05) is 24.3 Å². The summed E-state index contributed by atoms with van der Waals surface area (Å²) in [6, 6.07) is 8.85. The second kappa shape index (κ2) is 3.82. The van der Waals surface area contributed by atoms with E-state index < -0.39 is 0 Å². The molecule has 1 aliphatic heterocycles. The zero-order chi connectivity index (χ0) is 17.2. The van der Waals surface area contributed by atoms with Gasteiger partial charge in [-0.25, -0.2) is 4.79 Å². The lowest BCUT2D eigenvalue weighted by molar-refractivity contribution is 0.355. The second-order valence-corrected chi connectivity index (χ2v) is 7.40. The van der Waals surface area contributed by atoms with Gasteiger partial charge in [-0.3, -0.25) is 9.13 Å². The van der Waals surface area contributed by atoms with Crippen LogP contribution in [-0.4, -0.2) is 39.7 Å². The SMILES string of the molecule is CN1CN(C)C2=C1c1ccc3c4c(ccc2c14)-c1c-3n(C)c(=O)n1C. The maximum atomic E-state index is 12.4. The van der Waals surface area contributed by atoms with E-state index in [2.05, 4.69) is 48.2 Å². The third-order valence-electron chi connectivity index (χ3n) is 6.06. The van der Waals surface area contributed by atoms with Crippen LogP contribution >= 0.6 is 0 Å². The summed E-state index contributed by atoms with van der Waals surface area (Å²) in [5.41, 5.74) is 9.75. The van der Waals surface area contributed by atoms with E-state index in [1.165, 1.54) is 44.4 Å². The molecule has 1 aromatic heterocycles. The van der Waals surface area contributed by atoms with Crippen molar-refractivity contribution in [1.29, 1.82) is 0 Å². The number of hydrogen-bond donors (Lipinski definition) is 0. The Hall–Kier alpha value is -2.95. The number of fused-ring (bicyclic) bond motifs is 5. The largest absolute Gasteiger partial charge is 0.355 e. The van der Waals surface area contributed by atoms with Crippen LogP contribution in [0.15, 0.2) is 29.1 Å². The molecule has 0 saturated heterocycles. The minimum Gasteiger partial charge on any atom is -0.355 e. The standard InChI is InChI=1S/C20H18N4O/c1-21-9-22(2)17-11-6-8-13-15-12(7-5-10(14(11)15)16(17)21)18-19(13)24(4)20(25)23(18)3/h5-8H,9H2,1-4H3. The van der Waals surface area contributed by atoms with E-state index in [-0.39, 0.29) is 5.69 Å². The van der Waals surface area contributed by atoms with Crippen molar-refractivity contribution in [2.24, 2.45) is 14.1 Å². The van der Waals surface area contributed by atoms with E-state index in [1.807, 2.05) is 14.1 Å². The third-order valence-corrected chi connectivity index (χ3v) is 6.06. The number of nitrogens with zero attached hydrogens (tertiary/aromatic N) is 4. The fraction of sp³-hybridized carbons (Fsp3) is 0.250. The minimum absolute atomic E-state index is 0.0342. The second-order valence-electron chi connectivity index (χ2n) is 7.40. The van der Waals surface area contributed by atoms with Crippen LogP contribution in [0.25, 0.3) is 44.7 Å². The number of hydrogen-bond acceptors (Lipinski definition) is 3. The monoisotopic (exact) mass is 330 g/mol. The Morgan fingerprint density at radius 3 is 1.56 bits per heavy atom. The molecule has 3 aromatic rings. The van der Waals surface area contributed by atoms with Crippen LogP contribution in [-0.2, 0) is 14.1 Å². The molecule has 0 amide bonds. The van der Waals surface area contributed by atoms with Crippen molar-refractivity contribution < 1.29 is 0 Å². The van der Waals surface area contributed by atoms with Crippen molar-refractivity contribution in [1.82, 2.24) is 18.9 Å². The average Bonchev–Trinajstić information content (AvgIpc) is 3.25. The molecule has 124 valence electrons. The molecule has 0 spiro atoms. The van der Waals surface area contributed by atoms with Crippen molar-refractivity contribution >= 4 is 22.2 Å². The molecule has 2 heterocycles.